The Hall–Kier alpha value is -1.87. The molecular weight excluding hydrogens is 320 g/mol. The molecule has 0 aliphatic heterocycles. The first kappa shape index (κ1) is 19.5. The first-order valence-corrected chi connectivity index (χ1v) is 12.4. The molecule has 0 heterocycles. The molecule has 0 aliphatic carbocycles. The van der Waals surface area contributed by atoms with Crippen LogP contribution in [0.2, 0.25) is 19.6 Å². The minimum atomic E-state index is -1.62. The van der Waals surface area contributed by atoms with Crippen molar-refractivity contribution < 1.29 is 0 Å². The second kappa shape index (κ2) is 7.16. The van der Waals surface area contributed by atoms with Gasteiger partial charge in [0.2, 0.25) is 0 Å². The van der Waals surface area contributed by atoms with Crippen molar-refractivity contribution in [3.63, 3.8) is 0 Å². The summed E-state index contributed by atoms with van der Waals surface area (Å²) in [6.07, 6.45) is 2.07. The molecular formula is C22H32N2Si. The van der Waals surface area contributed by atoms with Gasteiger partial charge in [-0.2, -0.15) is 0 Å². The molecule has 0 unspecified atom stereocenters. The van der Waals surface area contributed by atoms with Crippen LogP contribution in [0.1, 0.15) is 33.4 Å². The van der Waals surface area contributed by atoms with Gasteiger partial charge in [0.1, 0.15) is 0 Å². The number of anilines is 1. The van der Waals surface area contributed by atoms with E-state index in [1.165, 1.54) is 39.1 Å². The molecule has 0 spiro atoms. The number of aryl methyl sites for hydroxylation is 6. The van der Waals surface area contributed by atoms with E-state index >= 15 is 0 Å². The highest BCUT2D eigenvalue weighted by atomic mass is 28.3. The molecule has 0 amide bonds. The van der Waals surface area contributed by atoms with Crippen LogP contribution in [0.4, 0.5) is 11.4 Å². The predicted octanol–water partition coefficient (Wildman–Crippen LogP) is 6.54. The molecule has 2 nitrogen and oxygen atoms in total. The van der Waals surface area contributed by atoms with Gasteiger partial charge in [-0.3, -0.25) is 0 Å². The Morgan fingerprint density at radius 3 is 1.52 bits per heavy atom. The molecule has 0 N–H and O–H groups in total. The van der Waals surface area contributed by atoms with E-state index in [0.717, 1.165) is 5.69 Å². The van der Waals surface area contributed by atoms with E-state index in [2.05, 4.69) is 96.4 Å². The average Bonchev–Trinajstić information content (AvgIpc) is 2.41. The zero-order chi connectivity index (χ0) is 18.9. The lowest BCUT2D eigenvalue weighted by Crippen LogP contribution is -2.46. The predicted molar refractivity (Wildman–Crippen MR) is 115 cm³/mol. The molecule has 3 heteroatoms. The highest BCUT2D eigenvalue weighted by Crippen LogP contribution is 2.31. The number of aliphatic imine (C=N–C) groups is 1. The normalized spacial score (nSPS) is 12.0. The lowest BCUT2D eigenvalue weighted by atomic mass is 10.1. The van der Waals surface area contributed by atoms with Crippen LogP contribution in [0.5, 0.6) is 0 Å². The molecule has 0 radical (unpaired) electrons. The fourth-order valence-electron chi connectivity index (χ4n) is 3.61. The second-order valence-electron chi connectivity index (χ2n) is 8.28. The molecule has 2 aromatic carbocycles. The molecule has 0 fully saturated rings. The molecule has 0 aromatic heterocycles. The third-order valence-corrected chi connectivity index (χ3v) is 6.32. The quantitative estimate of drug-likeness (QED) is 0.346. The Bertz CT molecular complexity index is 767. The fraction of sp³-hybridized carbons (Fsp3) is 0.409. The van der Waals surface area contributed by atoms with Gasteiger partial charge in [-0.25, -0.2) is 4.99 Å². The van der Waals surface area contributed by atoms with E-state index in [4.69, 9.17) is 4.99 Å². The van der Waals surface area contributed by atoms with Crippen LogP contribution >= 0.6 is 0 Å². The minimum absolute atomic E-state index is 1.09. The van der Waals surface area contributed by atoms with Crippen LogP contribution in [0, 0.1) is 41.5 Å². The summed E-state index contributed by atoms with van der Waals surface area (Å²) in [7, 11) is -1.62. The third kappa shape index (κ3) is 4.40. The number of hydrogen-bond acceptors (Lipinski definition) is 1. The molecule has 134 valence electrons. The Labute approximate surface area is 154 Å². The van der Waals surface area contributed by atoms with E-state index in [-0.39, 0.29) is 0 Å². The van der Waals surface area contributed by atoms with Gasteiger partial charge < -0.3 is 4.57 Å². The zero-order valence-electron chi connectivity index (χ0n) is 17.3. The van der Waals surface area contributed by atoms with E-state index in [0.29, 0.717) is 0 Å². The maximum atomic E-state index is 4.93. The van der Waals surface area contributed by atoms with E-state index in [1.807, 2.05) is 0 Å². The topological polar surface area (TPSA) is 15.6 Å². The van der Waals surface area contributed by atoms with Crippen molar-refractivity contribution in [2.24, 2.45) is 4.99 Å². The largest absolute Gasteiger partial charge is 0.360 e. The van der Waals surface area contributed by atoms with Gasteiger partial charge in [0.25, 0.3) is 0 Å². The zero-order valence-corrected chi connectivity index (χ0v) is 18.3. The van der Waals surface area contributed by atoms with Crippen LogP contribution < -0.4 is 4.57 Å². The summed E-state index contributed by atoms with van der Waals surface area (Å²) >= 11 is 0. The van der Waals surface area contributed by atoms with Gasteiger partial charge in [0.05, 0.1) is 12.0 Å². The Morgan fingerprint density at radius 2 is 1.12 bits per heavy atom. The first-order chi connectivity index (χ1) is 11.5. The SMILES string of the molecule is Cc1cc(C)c(N=CN(c2c(C)cc(C)cc2C)[Si](C)(C)C)c(C)c1. The standard InChI is InChI=1S/C22H32N2Si/c1-15-10-17(3)21(18(4)11-15)23-14-24(25(7,8)9)22-19(5)12-16(2)13-20(22)6/h10-14H,1-9H3. The number of hydrogen-bond donors (Lipinski definition) is 0. The van der Waals surface area contributed by atoms with Crippen molar-refractivity contribution in [3.05, 3.63) is 57.6 Å². The third-order valence-electron chi connectivity index (χ3n) is 4.54. The van der Waals surface area contributed by atoms with Crippen molar-refractivity contribution in [2.45, 2.75) is 61.2 Å². The highest BCUT2D eigenvalue weighted by Gasteiger charge is 2.26. The van der Waals surface area contributed by atoms with Gasteiger partial charge in [0.15, 0.2) is 8.24 Å². The fourth-order valence-corrected chi connectivity index (χ4v) is 5.04. The first-order valence-electron chi connectivity index (χ1n) is 9.00. The van der Waals surface area contributed by atoms with Crippen molar-refractivity contribution in [1.82, 2.24) is 0 Å². The highest BCUT2D eigenvalue weighted by molar-refractivity contribution is 6.82. The number of benzene rings is 2. The summed E-state index contributed by atoms with van der Waals surface area (Å²) in [5.74, 6) is 0. The monoisotopic (exact) mass is 352 g/mol. The lowest BCUT2D eigenvalue weighted by molar-refractivity contribution is 1.25. The molecule has 0 aliphatic rings. The average molecular weight is 353 g/mol. The van der Waals surface area contributed by atoms with Gasteiger partial charge in [-0.05, 0) is 63.8 Å². The molecule has 2 rings (SSSR count). The van der Waals surface area contributed by atoms with Crippen LogP contribution in [0.3, 0.4) is 0 Å². The second-order valence-corrected chi connectivity index (χ2v) is 13.1. The summed E-state index contributed by atoms with van der Waals surface area (Å²) in [5, 5.41) is 0. The van der Waals surface area contributed by atoms with Crippen molar-refractivity contribution in [2.75, 3.05) is 4.57 Å². The van der Waals surface area contributed by atoms with Crippen molar-refractivity contribution in [3.8, 4) is 0 Å². The number of rotatable bonds is 4. The maximum Gasteiger partial charge on any atom is 0.154 e. The molecule has 0 atom stereocenters. The van der Waals surface area contributed by atoms with Crippen molar-refractivity contribution >= 4 is 25.9 Å². The summed E-state index contributed by atoms with van der Waals surface area (Å²) in [6.45, 7) is 20.1. The van der Waals surface area contributed by atoms with E-state index in [9.17, 15) is 0 Å². The summed E-state index contributed by atoms with van der Waals surface area (Å²) in [6, 6.07) is 8.96. The lowest BCUT2D eigenvalue weighted by Gasteiger charge is -2.35. The van der Waals surface area contributed by atoms with E-state index in [1.54, 1.807) is 0 Å². The van der Waals surface area contributed by atoms with Crippen LogP contribution in [-0.2, 0) is 0 Å². The Morgan fingerprint density at radius 1 is 0.720 bits per heavy atom. The molecule has 0 saturated carbocycles. The molecule has 0 saturated heterocycles. The number of nitrogens with zero attached hydrogens (tertiary/aromatic N) is 2. The van der Waals surface area contributed by atoms with Crippen LogP contribution in [0.25, 0.3) is 0 Å². The minimum Gasteiger partial charge on any atom is -0.360 e. The van der Waals surface area contributed by atoms with Crippen LogP contribution in [0.15, 0.2) is 29.3 Å². The van der Waals surface area contributed by atoms with Gasteiger partial charge in [0, 0.05) is 5.69 Å². The summed E-state index contributed by atoms with van der Waals surface area (Å²) in [5.41, 5.74) is 10.1. The maximum absolute atomic E-state index is 4.93. The van der Waals surface area contributed by atoms with Gasteiger partial charge in [-0.15, -0.1) is 0 Å². The van der Waals surface area contributed by atoms with Crippen molar-refractivity contribution in [1.29, 1.82) is 0 Å². The van der Waals surface area contributed by atoms with Gasteiger partial charge >= 0.3 is 0 Å². The summed E-state index contributed by atoms with van der Waals surface area (Å²) < 4.78 is 2.44. The molecule has 0 bridgehead atoms. The van der Waals surface area contributed by atoms with Gasteiger partial charge in [-0.1, -0.05) is 55.0 Å². The smallest absolute Gasteiger partial charge is 0.154 e. The van der Waals surface area contributed by atoms with E-state index < -0.39 is 8.24 Å². The molecule has 2 aromatic rings. The Kier molecular flexibility index (Phi) is 5.57. The summed E-state index contributed by atoms with van der Waals surface area (Å²) in [4.78, 5) is 4.93. The Balaban J connectivity index is 2.55. The molecule has 25 heavy (non-hydrogen) atoms. The van der Waals surface area contributed by atoms with Crippen LogP contribution in [-0.4, -0.2) is 14.6 Å².